The van der Waals surface area contributed by atoms with E-state index in [0.29, 0.717) is 17.9 Å². The minimum atomic E-state index is -0.388. The second kappa shape index (κ2) is 10.3. The summed E-state index contributed by atoms with van der Waals surface area (Å²) in [4.78, 5) is 26.2. The molecule has 1 aromatic carbocycles. The van der Waals surface area contributed by atoms with Crippen molar-refractivity contribution in [3.05, 3.63) is 47.7 Å². The lowest BCUT2D eigenvalue weighted by Crippen LogP contribution is -2.26. The van der Waals surface area contributed by atoms with E-state index in [1.807, 2.05) is 6.07 Å². The van der Waals surface area contributed by atoms with Gasteiger partial charge >= 0.3 is 5.97 Å². The Hall–Kier alpha value is -2.96. The maximum absolute atomic E-state index is 12.3. The molecule has 1 heterocycles. The standard InChI is InChI=1S/C20H26N4O3/c1-4-13-24(14-5-2)18-12-11-17(22-23-18)19(25)21-16-9-7-15(8-10-16)20(26)27-6-3/h7-12H,4-6,13-14H2,1-3H3,(H,21,25). The average Bonchev–Trinajstić information content (AvgIpc) is 2.68. The molecule has 144 valence electrons. The zero-order chi connectivity index (χ0) is 19.6. The van der Waals surface area contributed by atoms with Gasteiger partial charge in [-0.05, 0) is 56.2 Å². The number of carbonyl (C=O) groups excluding carboxylic acids is 2. The van der Waals surface area contributed by atoms with Gasteiger partial charge in [0.25, 0.3) is 5.91 Å². The predicted octanol–water partition coefficient (Wildman–Crippen LogP) is 3.53. The third kappa shape index (κ3) is 5.77. The van der Waals surface area contributed by atoms with Gasteiger partial charge in [0, 0.05) is 18.8 Å². The number of nitrogens with zero attached hydrogens (tertiary/aromatic N) is 3. The second-order valence-electron chi connectivity index (χ2n) is 6.02. The number of nitrogens with one attached hydrogen (secondary N) is 1. The van der Waals surface area contributed by atoms with Crippen LogP contribution in [-0.2, 0) is 4.74 Å². The van der Waals surface area contributed by atoms with Crippen molar-refractivity contribution in [3.8, 4) is 0 Å². The first kappa shape index (κ1) is 20.4. The summed E-state index contributed by atoms with van der Waals surface area (Å²) in [6, 6.07) is 10.00. The van der Waals surface area contributed by atoms with Crippen LogP contribution in [0.4, 0.5) is 11.5 Å². The molecule has 1 N–H and O–H groups in total. The first-order valence-corrected chi connectivity index (χ1v) is 9.26. The van der Waals surface area contributed by atoms with E-state index in [-0.39, 0.29) is 17.6 Å². The summed E-state index contributed by atoms with van der Waals surface area (Å²) in [7, 11) is 0. The molecule has 7 nitrogen and oxygen atoms in total. The van der Waals surface area contributed by atoms with Crippen molar-refractivity contribution in [2.75, 3.05) is 29.9 Å². The number of rotatable bonds is 9. The van der Waals surface area contributed by atoms with E-state index >= 15 is 0 Å². The van der Waals surface area contributed by atoms with Gasteiger partial charge in [-0.3, -0.25) is 4.79 Å². The molecule has 0 aliphatic rings. The maximum Gasteiger partial charge on any atom is 0.338 e. The first-order valence-electron chi connectivity index (χ1n) is 9.26. The fraction of sp³-hybridized carbons (Fsp3) is 0.400. The molecule has 0 aliphatic carbocycles. The van der Waals surface area contributed by atoms with E-state index in [2.05, 4.69) is 34.3 Å². The molecule has 0 radical (unpaired) electrons. The molecule has 0 aliphatic heterocycles. The highest BCUT2D eigenvalue weighted by Gasteiger charge is 2.12. The number of aromatic nitrogens is 2. The molecule has 2 rings (SSSR count). The van der Waals surface area contributed by atoms with E-state index in [1.54, 1.807) is 37.3 Å². The number of esters is 1. The zero-order valence-corrected chi connectivity index (χ0v) is 16.1. The highest BCUT2D eigenvalue weighted by molar-refractivity contribution is 6.03. The van der Waals surface area contributed by atoms with Gasteiger partial charge in [0.2, 0.25) is 0 Å². The van der Waals surface area contributed by atoms with Gasteiger partial charge in [0.15, 0.2) is 11.5 Å². The van der Waals surface area contributed by atoms with Gasteiger partial charge in [0.05, 0.1) is 12.2 Å². The molecule has 1 amide bonds. The molecule has 0 bridgehead atoms. The van der Waals surface area contributed by atoms with Crippen LogP contribution < -0.4 is 10.2 Å². The van der Waals surface area contributed by atoms with Crippen LogP contribution in [-0.4, -0.2) is 41.8 Å². The number of hydrogen-bond acceptors (Lipinski definition) is 6. The van der Waals surface area contributed by atoms with Gasteiger partial charge in [-0.25, -0.2) is 4.79 Å². The quantitative estimate of drug-likeness (QED) is 0.680. The lowest BCUT2D eigenvalue weighted by atomic mass is 10.2. The van der Waals surface area contributed by atoms with E-state index < -0.39 is 0 Å². The van der Waals surface area contributed by atoms with Crippen molar-refractivity contribution >= 4 is 23.4 Å². The number of hydrogen-bond donors (Lipinski definition) is 1. The summed E-state index contributed by atoms with van der Waals surface area (Å²) in [5.41, 5.74) is 1.24. The van der Waals surface area contributed by atoms with Gasteiger partial charge in [-0.2, -0.15) is 0 Å². The first-order chi connectivity index (χ1) is 13.1. The highest BCUT2D eigenvalue weighted by atomic mass is 16.5. The summed E-state index contributed by atoms with van der Waals surface area (Å²) >= 11 is 0. The fourth-order valence-corrected chi connectivity index (χ4v) is 2.59. The zero-order valence-electron chi connectivity index (χ0n) is 16.1. The molecule has 7 heteroatoms. The van der Waals surface area contributed by atoms with Crippen molar-refractivity contribution in [3.63, 3.8) is 0 Å². The lowest BCUT2D eigenvalue weighted by molar-refractivity contribution is 0.0526. The molecule has 0 fully saturated rings. The molecule has 2 aromatic rings. The topological polar surface area (TPSA) is 84.4 Å². The van der Waals surface area contributed by atoms with E-state index in [9.17, 15) is 9.59 Å². The largest absolute Gasteiger partial charge is 0.462 e. The summed E-state index contributed by atoms with van der Waals surface area (Å²) < 4.78 is 4.93. The molecule has 0 unspecified atom stereocenters. The number of ether oxygens (including phenoxy) is 1. The average molecular weight is 370 g/mol. The van der Waals surface area contributed by atoms with Gasteiger partial charge < -0.3 is 15.0 Å². The molecular formula is C20H26N4O3. The highest BCUT2D eigenvalue weighted by Crippen LogP contribution is 2.14. The summed E-state index contributed by atoms with van der Waals surface area (Å²) in [5, 5.41) is 11.0. The smallest absolute Gasteiger partial charge is 0.338 e. The number of benzene rings is 1. The Labute approximate surface area is 159 Å². The minimum Gasteiger partial charge on any atom is -0.462 e. The Kier molecular flexibility index (Phi) is 7.73. The lowest BCUT2D eigenvalue weighted by Gasteiger charge is -2.21. The molecule has 0 saturated carbocycles. The SMILES string of the molecule is CCCN(CCC)c1ccc(C(=O)Nc2ccc(C(=O)OCC)cc2)nn1. The number of amides is 1. The normalized spacial score (nSPS) is 10.3. The summed E-state index contributed by atoms with van der Waals surface area (Å²) in [5.74, 6) is 0.0325. The van der Waals surface area contributed by atoms with Crippen molar-refractivity contribution < 1.29 is 14.3 Å². The van der Waals surface area contributed by atoms with Crippen LogP contribution in [0.5, 0.6) is 0 Å². The van der Waals surface area contributed by atoms with E-state index in [1.165, 1.54) is 0 Å². The van der Waals surface area contributed by atoms with Crippen LogP contribution in [0.15, 0.2) is 36.4 Å². The second-order valence-corrected chi connectivity index (χ2v) is 6.02. The summed E-state index contributed by atoms with van der Waals surface area (Å²) in [6.45, 7) is 8.11. The Morgan fingerprint density at radius 3 is 2.15 bits per heavy atom. The van der Waals surface area contributed by atoms with Crippen molar-refractivity contribution in [1.29, 1.82) is 0 Å². The van der Waals surface area contributed by atoms with Crippen molar-refractivity contribution in [2.24, 2.45) is 0 Å². The van der Waals surface area contributed by atoms with Crippen LogP contribution >= 0.6 is 0 Å². The molecular weight excluding hydrogens is 344 g/mol. The van der Waals surface area contributed by atoms with Crippen LogP contribution in [0.1, 0.15) is 54.5 Å². The predicted molar refractivity (Wildman–Crippen MR) is 105 cm³/mol. The fourth-order valence-electron chi connectivity index (χ4n) is 2.59. The Balaban J connectivity index is 2.02. The molecule has 0 spiro atoms. The number of carbonyl (C=O) groups is 2. The Morgan fingerprint density at radius 1 is 0.963 bits per heavy atom. The third-order valence-electron chi connectivity index (χ3n) is 3.85. The summed E-state index contributed by atoms with van der Waals surface area (Å²) in [6.07, 6.45) is 2.04. The Morgan fingerprint density at radius 2 is 1.63 bits per heavy atom. The van der Waals surface area contributed by atoms with Gasteiger partial charge in [-0.15, -0.1) is 10.2 Å². The molecule has 1 aromatic heterocycles. The van der Waals surface area contributed by atoms with Crippen LogP contribution in [0.3, 0.4) is 0 Å². The van der Waals surface area contributed by atoms with Crippen molar-refractivity contribution in [1.82, 2.24) is 10.2 Å². The van der Waals surface area contributed by atoms with Crippen LogP contribution in [0.25, 0.3) is 0 Å². The molecule has 0 atom stereocenters. The van der Waals surface area contributed by atoms with E-state index in [4.69, 9.17) is 4.74 Å². The van der Waals surface area contributed by atoms with Crippen LogP contribution in [0.2, 0.25) is 0 Å². The van der Waals surface area contributed by atoms with Crippen molar-refractivity contribution in [2.45, 2.75) is 33.6 Å². The monoisotopic (exact) mass is 370 g/mol. The van der Waals surface area contributed by atoms with Crippen LogP contribution in [0, 0.1) is 0 Å². The molecule has 27 heavy (non-hydrogen) atoms. The van der Waals surface area contributed by atoms with Gasteiger partial charge in [0.1, 0.15) is 0 Å². The van der Waals surface area contributed by atoms with Gasteiger partial charge in [-0.1, -0.05) is 13.8 Å². The molecule has 0 saturated heterocycles. The Bertz CT molecular complexity index is 739. The minimum absolute atomic E-state index is 0.237. The third-order valence-corrected chi connectivity index (χ3v) is 3.85. The van der Waals surface area contributed by atoms with E-state index in [0.717, 1.165) is 31.7 Å². The maximum atomic E-state index is 12.3. The number of anilines is 2.